The van der Waals surface area contributed by atoms with Crippen molar-refractivity contribution >= 4 is 28.6 Å². The minimum Gasteiger partial charge on any atom is -0.493 e. The van der Waals surface area contributed by atoms with E-state index in [1.54, 1.807) is 30.5 Å². The molecular weight excluding hydrogens is 314 g/mol. The summed E-state index contributed by atoms with van der Waals surface area (Å²) in [5, 5.41) is 6.17. The van der Waals surface area contributed by atoms with Gasteiger partial charge in [-0.2, -0.15) is 5.10 Å². The molecule has 126 valence electrons. The smallest absolute Gasteiger partial charge is 0.273 e. The molecule has 0 aliphatic rings. The van der Waals surface area contributed by atoms with E-state index in [2.05, 4.69) is 10.5 Å². The van der Waals surface area contributed by atoms with E-state index in [0.29, 0.717) is 17.9 Å². The lowest BCUT2D eigenvalue weighted by Gasteiger charge is -2.10. The number of hydrogen-bond donors (Lipinski definition) is 2. The zero-order valence-corrected chi connectivity index (χ0v) is 13.9. The van der Waals surface area contributed by atoms with Crippen LogP contribution in [0.25, 0.3) is 10.8 Å². The summed E-state index contributed by atoms with van der Waals surface area (Å²) in [6, 6.07) is 18.7. The Bertz CT molecular complexity index is 935. The zero-order chi connectivity index (χ0) is 17.6. The number of anilines is 1. The van der Waals surface area contributed by atoms with Crippen LogP contribution in [-0.4, -0.2) is 18.7 Å². The Morgan fingerprint density at radius 3 is 2.68 bits per heavy atom. The van der Waals surface area contributed by atoms with Crippen LogP contribution in [0.5, 0.6) is 5.75 Å². The first-order valence-corrected chi connectivity index (χ1v) is 8.03. The van der Waals surface area contributed by atoms with Crippen molar-refractivity contribution in [2.24, 2.45) is 5.10 Å². The lowest BCUT2D eigenvalue weighted by molar-refractivity contribution is 0.0956. The number of carbonyl (C=O) groups excluding carboxylic acids is 1. The van der Waals surface area contributed by atoms with Crippen molar-refractivity contribution in [3.8, 4) is 5.75 Å². The van der Waals surface area contributed by atoms with Crippen LogP contribution < -0.4 is 15.9 Å². The van der Waals surface area contributed by atoms with Gasteiger partial charge in [-0.1, -0.05) is 42.5 Å². The van der Waals surface area contributed by atoms with E-state index < -0.39 is 0 Å². The summed E-state index contributed by atoms with van der Waals surface area (Å²) in [5.74, 6) is 0.367. The predicted octanol–water partition coefficient (Wildman–Crippen LogP) is 3.58. The Balaban J connectivity index is 1.89. The zero-order valence-electron chi connectivity index (χ0n) is 13.9. The summed E-state index contributed by atoms with van der Waals surface area (Å²) >= 11 is 0. The molecule has 0 unspecified atom stereocenters. The van der Waals surface area contributed by atoms with Gasteiger partial charge in [0.25, 0.3) is 5.91 Å². The number of rotatable bonds is 5. The van der Waals surface area contributed by atoms with Crippen molar-refractivity contribution in [1.29, 1.82) is 0 Å². The second-order valence-electron chi connectivity index (χ2n) is 5.42. The van der Waals surface area contributed by atoms with Crippen molar-refractivity contribution in [3.63, 3.8) is 0 Å². The molecule has 0 aromatic heterocycles. The number of benzene rings is 3. The van der Waals surface area contributed by atoms with Crippen molar-refractivity contribution in [2.75, 3.05) is 12.3 Å². The first-order valence-electron chi connectivity index (χ1n) is 8.03. The molecule has 0 spiro atoms. The highest BCUT2D eigenvalue weighted by atomic mass is 16.5. The molecule has 0 fully saturated rings. The SMILES string of the molecule is CCOc1ccc2ccccc2c1/C=N\NC(=O)c1ccccc1N. The highest BCUT2D eigenvalue weighted by Crippen LogP contribution is 2.26. The number of hydrogen-bond acceptors (Lipinski definition) is 4. The van der Waals surface area contributed by atoms with Gasteiger partial charge in [0.2, 0.25) is 0 Å². The number of ether oxygens (including phenoxy) is 1. The van der Waals surface area contributed by atoms with Gasteiger partial charge in [0.15, 0.2) is 0 Å². The second-order valence-corrected chi connectivity index (χ2v) is 5.42. The summed E-state index contributed by atoms with van der Waals surface area (Å²) in [7, 11) is 0. The van der Waals surface area contributed by atoms with Crippen molar-refractivity contribution in [1.82, 2.24) is 5.43 Å². The fourth-order valence-electron chi connectivity index (χ4n) is 2.61. The van der Waals surface area contributed by atoms with Gasteiger partial charge in [0.1, 0.15) is 5.75 Å². The van der Waals surface area contributed by atoms with Crippen LogP contribution >= 0.6 is 0 Å². The predicted molar refractivity (Wildman–Crippen MR) is 101 cm³/mol. The van der Waals surface area contributed by atoms with Gasteiger partial charge in [-0.05, 0) is 35.9 Å². The monoisotopic (exact) mass is 333 g/mol. The van der Waals surface area contributed by atoms with Crippen LogP contribution in [0.15, 0.2) is 65.8 Å². The topological polar surface area (TPSA) is 76.7 Å². The van der Waals surface area contributed by atoms with Crippen LogP contribution in [-0.2, 0) is 0 Å². The molecule has 0 aliphatic carbocycles. The molecule has 0 saturated carbocycles. The number of amides is 1. The van der Waals surface area contributed by atoms with E-state index in [-0.39, 0.29) is 5.91 Å². The summed E-state index contributed by atoms with van der Waals surface area (Å²) in [6.07, 6.45) is 1.60. The molecular formula is C20H19N3O2. The summed E-state index contributed by atoms with van der Waals surface area (Å²) in [5.41, 5.74) is 9.95. The molecule has 3 N–H and O–H groups in total. The molecule has 0 saturated heterocycles. The third kappa shape index (κ3) is 3.61. The van der Waals surface area contributed by atoms with E-state index >= 15 is 0 Å². The van der Waals surface area contributed by atoms with E-state index in [0.717, 1.165) is 22.1 Å². The number of carbonyl (C=O) groups is 1. The van der Waals surface area contributed by atoms with E-state index in [4.69, 9.17) is 10.5 Å². The highest BCUT2D eigenvalue weighted by molar-refractivity contribution is 6.03. The molecule has 3 aromatic rings. The minimum absolute atomic E-state index is 0.354. The summed E-state index contributed by atoms with van der Waals surface area (Å²) < 4.78 is 5.68. The van der Waals surface area contributed by atoms with Crippen LogP contribution in [0.1, 0.15) is 22.8 Å². The molecule has 5 nitrogen and oxygen atoms in total. The largest absolute Gasteiger partial charge is 0.493 e. The summed E-state index contributed by atoms with van der Waals surface area (Å²) in [6.45, 7) is 2.47. The third-order valence-electron chi connectivity index (χ3n) is 3.80. The van der Waals surface area contributed by atoms with Crippen molar-refractivity contribution in [2.45, 2.75) is 6.92 Å². The van der Waals surface area contributed by atoms with Gasteiger partial charge in [0, 0.05) is 11.3 Å². The van der Waals surface area contributed by atoms with Gasteiger partial charge >= 0.3 is 0 Å². The Morgan fingerprint density at radius 2 is 1.88 bits per heavy atom. The second kappa shape index (κ2) is 7.49. The average molecular weight is 333 g/mol. The lowest BCUT2D eigenvalue weighted by atomic mass is 10.0. The van der Waals surface area contributed by atoms with E-state index in [9.17, 15) is 4.79 Å². The molecule has 5 heteroatoms. The van der Waals surface area contributed by atoms with Crippen molar-refractivity contribution in [3.05, 3.63) is 71.8 Å². The Morgan fingerprint density at radius 1 is 1.12 bits per heavy atom. The average Bonchev–Trinajstić information content (AvgIpc) is 2.63. The third-order valence-corrected chi connectivity index (χ3v) is 3.80. The molecule has 0 heterocycles. The number of para-hydroxylation sites is 1. The van der Waals surface area contributed by atoms with Crippen LogP contribution in [0.4, 0.5) is 5.69 Å². The molecule has 3 aromatic carbocycles. The lowest BCUT2D eigenvalue weighted by Crippen LogP contribution is -2.19. The van der Waals surface area contributed by atoms with Crippen LogP contribution in [0.3, 0.4) is 0 Å². The van der Waals surface area contributed by atoms with Crippen LogP contribution in [0.2, 0.25) is 0 Å². The first-order chi connectivity index (χ1) is 12.2. The molecule has 0 atom stereocenters. The molecule has 0 bridgehead atoms. The van der Waals surface area contributed by atoms with Gasteiger partial charge in [-0.3, -0.25) is 4.79 Å². The summed E-state index contributed by atoms with van der Waals surface area (Å²) in [4.78, 5) is 12.2. The maximum atomic E-state index is 12.2. The van der Waals surface area contributed by atoms with Gasteiger partial charge in [-0.15, -0.1) is 0 Å². The number of nitrogen functional groups attached to an aromatic ring is 1. The van der Waals surface area contributed by atoms with Crippen LogP contribution in [0, 0.1) is 0 Å². The Labute approximate surface area is 146 Å². The number of nitrogens with two attached hydrogens (primary N) is 1. The minimum atomic E-state index is -0.354. The van der Waals surface area contributed by atoms with Crippen molar-refractivity contribution < 1.29 is 9.53 Å². The highest BCUT2D eigenvalue weighted by Gasteiger charge is 2.09. The molecule has 1 amide bonds. The van der Waals surface area contributed by atoms with Gasteiger partial charge in [0.05, 0.1) is 18.4 Å². The fourth-order valence-corrected chi connectivity index (χ4v) is 2.61. The molecule has 3 rings (SSSR count). The van der Waals surface area contributed by atoms with Gasteiger partial charge < -0.3 is 10.5 Å². The molecule has 0 aliphatic heterocycles. The normalized spacial score (nSPS) is 10.9. The number of nitrogens with one attached hydrogen (secondary N) is 1. The number of fused-ring (bicyclic) bond motifs is 1. The van der Waals surface area contributed by atoms with Gasteiger partial charge in [-0.25, -0.2) is 5.43 Å². The standard InChI is InChI=1S/C20H19N3O2/c1-2-25-19-12-11-14-7-3-4-8-15(14)17(19)13-22-23-20(24)16-9-5-6-10-18(16)21/h3-13H,2,21H2,1H3,(H,23,24)/b22-13-. The van der Waals surface area contributed by atoms with E-state index in [1.165, 1.54) is 0 Å². The Hall–Kier alpha value is -3.34. The Kier molecular flexibility index (Phi) is 4.95. The number of nitrogens with zero attached hydrogens (tertiary/aromatic N) is 1. The maximum Gasteiger partial charge on any atom is 0.273 e. The maximum absolute atomic E-state index is 12.2. The van der Waals surface area contributed by atoms with E-state index in [1.807, 2.05) is 43.3 Å². The fraction of sp³-hybridized carbons (Fsp3) is 0.100. The quantitative estimate of drug-likeness (QED) is 0.425. The first kappa shape index (κ1) is 16.5. The number of hydrazone groups is 1. The molecule has 0 radical (unpaired) electrons. The molecule has 25 heavy (non-hydrogen) atoms.